The number of aryl methyl sites for hydroxylation is 1. The second-order valence-electron chi connectivity index (χ2n) is 6.04. The molecule has 0 fully saturated rings. The van der Waals surface area contributed by atoms with Gasteiger partial charge in [0.2, 0.25) is 5.95 Å². The zero-order valence-electron chi connectivity index (χ0n) is 14.7. The number of fused-ring (bicyclic) bond motifs is 1. The van der Waals surface area contributed by atoms with Crippen LogP contribution in [0, 0.1) is 13.8 Å². The van der Waals surface area contributed by atoms with Crippen LogP contribution < -0.4 is 10.2 Å². The second kappa shape index (κ2) is 7.67. The van der Waals surface area contributed by atoms with Gasteiger partial charge in [-0.2, -0.15) is 4.98 Å². The van der Waals surface area contributed by atoms with Crippen molar-refractivity contribution in [2.75, 3.05) is 16.8 Å². The highest BCUT2D eigenvalue weighted by Gasteiger charge is 2.26. The number of anilines is 2. The highest BCUT2D eigenvalue weighted by molar-refractivity contribution is 5.85. The average molecular weight is 345 g/mol. The van der Waals surface area contributed by atoms with Crippen molar-refractivity contribution in [3.05, 3.63) is 58.9 Å². The highest BCUT2D eigenvalue weighted by atomic mass is 35.5. The molecular weight excluding hydrogens is 320 g/mol. The molecule has 2 aromatic rings. The quantitative estimate of drug-likeness (QED) is 0.884. The van der Waals surface area contributed by atoms with Crippen LogP contribution >= 0.6 is 12.4 Å². The van der Waals surface area contributed by atoms with E-state index in [9.17, 15) is 0 Å². The molecule has 1 N–H and O–H groups in total. The molecule has 0 amide bonds. The lowest BCUT2D eigenvalue weighted by Gasteiger charge is -2.37. The topological polar surface area (TPSA) is 41.1 Å². The first-order valence-corrected chi connectivity index (χ1v) is 8.19. The fourth-order valence-electron chi connectivity index (χ4n) is 3.18. The van der Waals surface area contributed by atoms with Gasteiger partial charge in [-0.1, -0.05) is 30.3 Å². The van der Waals surface area contributed by atoms with Crippen molar-refractivity contribution in [2.24, 2.45) is 0 Å². The molecule has 0 spiro atoms. The summed E-state index contributed by atoms with van der Waals surface area (Å²) in [7, 11) is 0. The van der Waals surface area contributed by atoms with Gasteiger partial charge in [-0.25, -0.2) is 4.98 Å². The van der Waals surface area contributed by atoms with Gasteiger partial charge in [-0.05, 0) is 51.4 Å². The van der Waals surface area contributed by atoms with Gasteiger partial charge in [0.25, 0.3) is 0 Å². The molecule has 1 aromatic carbocycles. The second-order valence-corrected chi connectivity index (χ2v) is 6.04. The molecule has 0 bridgehead atoms. The van der Waals surface area contributed by atoms with Crippen LogP contribution in [-0.4, -0.2) is 16.5 Å². The molecule has 0 saturated carbocycles. The van der Waals surface area contributed by atoms with E-state index in [0.29, 0.717) is 12.0 Å². The van der Waals surface area contributed by atoms with Crippen molar-refractivity contribution < 1.29 is 0 Å². The lowest BCUT2D eigenvalue weighted by molar-refractivity contribution is 0.614. The molecule has 0 saturated heterocycles. The van der Waals surface area contributed by atoms with Crippen LogP contribution in [0.5, 0.6) is 0 Å². The first kappa shape index (κ1) is 18.3. The molecule has 128 valence electrons. The molecule has 2 heterocycles. The van der Waals surface area contributed by atoms with Crippen LogP contribution in [0.2, 0.25) is 0 Å². The lowest BCUT2D eigenvalue weighted by Crippen LogP contribution is -2.35. The lowest BCUT2D eigenvalue weighted by atomic mass is 9.93. The summed E-state index contributed by atoms with van der Waals surface area (Å²) in [5.74, 6) is 1.69. The van der Waals surface area contributed by atoms with Crippen molar-refractivity contribution in [1.82, 2.24) is 9.97 Å². The zero-order valence-corrected chi connectivity index (χ0v) is 15.5. The summed E-state index contributed by atoms with van der Waals surface area (Å²) < 4.78 is 0. The van der Waals surface area contributed by atoms with Crippen molar-refractivity contribution in [3.63, 3.8) is 0 Å². The first-order valence-electron chi connectivity index (χ1n) is 8.19. The predicted octanol–water partition coefficient (Wildman–Crippen LogP) is 4.58. The molecule has 1 aliphatic rings. The zero-order chi connectivity index (χ0) is 16.4. The van der Waals surface area contributed by atoms with Crippen LogP contribution in [0.25, 0.3) is 0 Å². The van der Waals surface area contributed by atoms with Gasteiger partial charge in [-0.3, -0.25) is 0 Å². The number of allylic oxidation sites excluding steroid dienone is 1. The Bertz CT molecular complexity index is 742. The number of nitrogens with one attached hydrogen (secondary N) is 1. The van der Waals surface area contributed by atoms with E-state index in [1.54, 1.807) is 0 Å². The number of nitrogens with zero attached hydrogens (tertiary/aromatic N) is 3. The van der Waals surface area contributed by atoms with Gasteiger partial charge >= 0.3 is 0 Å². The summed E-state index contributed by atoms with van der Waals surface area (Å²) in [5, 5.41) is 3.15. The maximum Gasteiger partial charge on any atom is 0.228 e. The minimum atomic E-state index is 0. The molecule has 3 rings (SSSR count). The Balaban J connectivity index is 0.00000208. The fraction of sp³-hybridized carbons (Fsp3) is 0.368. The van der Waals surface area contributed by atoms with Crippen LogP contribution in [-0.2, 0) is 6.42 Å². The number of benzene rings is 1. The molecule has 0 aliphatic carbocycles. The Kier molecular flexibility index (Phi) is 5.84. The third-order valence-corrected chi connectivity index (χ3v) is 4.61. The predicted molar refractivity (Wildman–Crippen MR) is 103 cm³/mol. The summed E-state index contributed by atoms with van der Waals surface area (Å²) >= 11 is 0. The van der Waals surface area contributed by atoms with Gasteiger partial charge in [0.15, 0.2) is 0 Å². The van der Waals surface area contributed by atoms with Crippen molar-refractivity contribution in [3.8, 4) is 0 Å². The smallest absolute Gasteiger partial charge is 0.228 e. The Labute approximate surface area is 150 Å². The largest absolute Gasteiger partial charge is 0.349 e. The first-order chi connectivity index (χ1) is 11.1. The number of hydrogen-bond donors (Lipinski definition) is 1. The molecule has 0 radical (unpaired) electrons. The van der Waals surface area contributed by atoms with Gasteiger partial charge < -0.3 is 10.2 Å². The molecule has 1 unspecified atom stereocenters. The minimum absolute atomic E-state index is 0. The van der Waals surface area contributed by atoms with Crippen LogP contribution in [0.15, 0.2) is 36.5 Å². The molecule has 1 aliphatic heterocycles. The van der Waals surface area contributed by atoms with Gasteiger partial charge in [0.1, 0.15) is 5.82 Å². The summed E-state index contributed by atoms with van der Waals surface area (Å²) in [6.45, 7) is 9.37. The Morgan fingerprint density at radius 2 is 1.96 bits per heavy atom. The summed E-state index contributed by atoms with van der Waals surface area (Å²) in [6, 6.07) is 9.04. The van der Waals surface area contributed by atoms with Crippen LogP contribution in [0.3, 0.4) is 0 Å². The molecule has 24 heavy (non-hydrogen) atoms. The number of rotatable bonds is 3. The summed E-state index contributed by atoms with van der Waals surface area (Å²) in [5.41, 5.74) is 5.03. The molecule has 5 heteroatoms. The minimum Gasteiger partial charge on any atom is -0.349 e. The Morgan fingerprint density at radius 1 is 1.21 bits per heavy atom. The number of hydrogen-bond acceptors (Lipinski definition) is 4. The van der Waals surface area contributed by atoms with Crippen LogP contribution in [0.1, 0.15) is 42.3 Å². The van der Waals surface area contributed by atoms with E-state index >= 15 is 0 Å². The summed E-state index contributed by atoms with van der Waals surface area (Å²) in [6.07, 6.45) is 4.86. The van der Waals surface area contributed by atoms with Gasteiger partial charge in [0.05, 0.1) is 6.04 Å². The Morgan fingerprint density at radius 3 is 2.71 bits per heavy atom. The van der Waals surface area contributed by atoms with E-state index < -0.39 is 0 Å². The molecule has 1 atom stereocenters. The average Bonchev–Trinajstić information content (AvgIpc) is 2.57. The highest BCUT2D eigenvalue weighted by Crippen LogP contribution is 2.34. The number of aromatic nitrogens is 2. The molecule has 1 aromatic heterocycles. The van der Waals surface area contributed by atoms with E-state index in [0.717, 1.165) is 30.0 Å². The maximum absolute atomic E-state index is 4.77. The maximum atomic E-state index is 4.77. The Hall–Kier alpha value is -2.07. The normalized spacial score (nSPS) is 16.7. The van der Waals surface area contributed by atoms with Gasteiger partial charge in [0, 0.05) is 17.8 Å². The van der Waals surface area contributed by atoms with E-state index in [1.807, 2.05) is 26.1 Å². The standard InChI is InChI=1S/C19H24N4.ClH/c1-5-11-20-19-21-14(3)13(2)18(22-19)23-12-10-16-8-6-7-9-17(16)15(23)4;/h5-9,11,15H,10,12H2,1-4H3,(H,20,21,22);1H. The van der Waals surface area contributed by atoms with E-state index in [-0.39, 0.29) is 12.4 Å². The van der Waals surface area contributed by atoms with Crippen LogP contribution in [0.4, 0.5) is 11.8 Å². The molecular formula is C19H25ClN4. The third kappa shape index (κ3) is 3.39. The number of halogens is 1. The third-order valence-electron chi connectivity index (χ3n) is 4.61. The molecule has 4 nitrogen and oxygen atoms in total. The van der Waals surface area contributed by atoms with Crippen molar-refractivity contribution in [1.29, 1.82) is 0 Å². The SMILES string of the molecule is CC=CNc1nc(C)c(C)c(N2CCc3ccccc3C2C)n1.Cl. The van der Waals surface area contributed by atoms with E-state index in [4.69, 9.17) is 4.98 Å². The monoisotopic (exact) mass is 344 g/mol. The van der Waals surface area contributed by atoms with Gasteiger partial charge in [-0.15, -0.1) is 12.4 Å². The summed E-state index contributed by atoms with van der Waals surface area (Å²) in [4.78, 5) is 11.7. The van der Waals surface area contributed by atoms with Crippen molar-refractivity contribution >= 4 is 24.2 Å². The van der Waals surface area contributed by atoms with Crippen molar-refractivity contribution in [2.45, 2.75) is 40.2 Å². The fourth-order valence-corrected chi connectivity index (χ4v) is 3.18. The van der Waals surface area contributed by atoms with E-state index in [1.165, 1.54) is 11.1 Å². The van der Waals surface area contributed by atoms with E-state index in [2.05, 4.69) is 53.3 Å².